The van der Waals surface area contributed by atoms with Gasteiger partial charge in [-0.2, -0.15) is 0 Å². The van der Waals surface area contributed by atoms with Crippen LogP contribution in [0.25, 0.3) is 33.7 Å². The molecule has 8 nitrogen and oxygen atoms in total. The van der Waals surface area contributed by atoms with Crippen molar-refractivity contribution >= 4 is 11.0 Å². The molecule has 176 valence electrons. The molecule has 0 unspecified atom stereocenters. The number of imidazole rings is 1. The molecule has 0 spiro atoms. The summed E-state index contributed by atoms with van der Waals surface area (Å²) in [7, 11) is 0. The molecular weight excluding hydrogens is 466 g/mol. The first kappa shape index (κ1) is 21.5. The van der Waals surface area contributed by atoms with Crippen LogP contribution in [0.1, 0.15) is 5.76 Å². The number of H-pyrrole nitrogens is 1. The number of ether oxygens (including phenoxy) is 1. The van der Waals surface area contributed by atoms with Gasteiger partial charge in [0.2, 0.25) is 24.4 Å². The van der Waals surface area contributed by atoms with Crippen LogP contribution < -0.4 is 9.42 Å². The van der Waals surface area contributed by atoms with Crippen LogP contribution in [-0.2, 0) is 6.54 Å². The Bertz CT molecular complexity index is 1670. The van der Waals surface area contributed by atoms with Crippen LogP contribution in [0.5, 0.6) is 11.6 Å². The second-order valence-corrected chi connectivity index (χ2v) is 7.93. The number of halogens is 2. The number of hydrogen-bond donors (Lipinski definition) is 1. The van der Waals surface area contributed by atoms with E-state index in [0.29, 0.717) is 40.7 Å². The number of hydrogen-bond acceptors (Lipinski definition) is 6. The van der Waals surface area contributed by atoms with Crippen LogP contribution in [0.2, 0.25) is 0 Å². The second kappa shape index (κ2) is 8.99. The lowest BCUT2D eigenvalue weighted by Crippen LogP contribution is -2.37. The summed E-state index contributed by atoms with van der Waals surface area (Å²) in [5.41, 5.74) is 2.72. The molecule has 2 aromatic carbocycles. The predicted molar refractivity (Wildman–Crippen MR) is 125 cm³/mol. The highest BCUT2D eigenvalue weighted by molar-refractivity contribution is 5.77. The number of rotatable bonds is 6. The van der Waals surface area contributed by atoms with E-state index in [1.807, 2.05) is 42.5 Å². The molecule has 0 fully saturated rings. The monoisotopic (exact) mass is 483 g/mol. The van der Waals surface area contributed by atoms with Gasteiger partial charge in [0.1, 0.15) is 34.5 Å². The summed E-state index contributed by atoms with van der Waals surface area (Å²) in [6, 6.07) is 18.7. The molecule has 0 saturated heterocycles. The van der Waals surface area contributed by atoms with E-state index in [-0.39, 0.29) is 11.4 Å². The highest BCUT2D eigenvalue weighted by atomic mass is 19.2. The van der Waals surface area contributed by atoms with Crippen LogP contribution in [0, 0.1) is 11.6 Å². The van der Waals surface area contributed by atoms with Crippen molar-refractivity contribution < 1.29 is 22.7 Å². The SMILES string of the molecule is Fc1cccc(-c2nc3cn[n+](Cc4cc(-c5ccc(Oc6ccccn6)cc5)no4)cc3[nH]2)c1F. The van der Waals surface area contributed by atoms with Gasteiger partial charge >= 0.3 is 0 Å². The second-order valence-electron chi connectivity index (χ2n) is 7.93. The van der Waals surface area contributed by atoms with Gasteiger partial charge in [0, 0.05) is 23.9 Å². The lowest BCUT2D eigenvalue weighted by Gasteiger charge is -2.04. The largest absolute Gasteiger partial charge is 0.439 e. The van der Waals surface area contributed by atoms with E-state index in [9.17, 15) is 8.78 Å². The molecule has 0 amide bonds. The Morgan fingerprint density at radius 1 is 1.00 bits per heavy atom. The summed E-state index contributed by atoms with van der Waals surface area (Å²) in [4.78, 5) is 11.5. The predicted octanol–water partition coefficient (Wildman–Crippen LogP) is 5.08. The summed E-state index contributed by atoms with van der Waals surface area (Å²) in [5, 5.41) is 8.49. The van der Waals surface area contributed by atoms with Gasteiger partial charge in [-0.3, -0.25) is 0 Å². The topological polar surface area (TPSA) is 93.6 Å². The van der Waals surface area contributed by atoms with Crippen molar-refractivity contribution in [1.82, 2.24) is 25.2 Å². The molecule has 0 aliphatic heterocycles. The third-order valence-corrected chi connectivity index (χ3v) is 5.46. The third kappa shape index (κ3) is 4.27. The number of nitrogens with zero attached hydrogens (tertiary/aromatic N) is 5. The Morgan fingerprint density at radius 2 is 1.89 bits per heavy atom. The Hall–Kier alpha value is -4.99. The summed E-state index contributed by atoms with van der Waals surface area (Å²) in [6.07, 6.45) is 4.93. The van der Waals surface area contributed by atoms with E-state index in [1.165, 1.54) is 12.1 Å². The van der Waals surface area contributed by atoms with Gasteiger partial charge in [-0.1, -0.05) is 22.0 Å². The van der Waals surface area contributed by atoms with Crippen molar-refractivity contribution in [3.05, 3.63) is 103 Å². The highest BCUT2D eigenvalue weighted by Crippen LogP contribution is 2.26. The van der Waals surface area contributed by atoms with Crippen LogP contribution in [0.4, 0.5) is 8.78 Å². The lowest BCUT2D eigenvalue weighted by molar-refractivity contribution is -0.746. The van der Waals surface area contributed by atoms with Gasteiger partial charge < -0.3 is 14.2 Å². The van der Waals surface area contributed by atoms with E-state index in [4.69, 9.17) is 9.26 Å². The smallest absolute Gasteiger partial charge is 0.234 e. The van der Waals surface area contributed by atoms with E-state index in [2.05, 4.69) is 25.2 Å². The van der Waals surface area contributed by atoms with E-state index in [1.54, 1.807) is 29.3 Å². The number of nitrogens with one attached hydrogen (secondary N) is 1. The molecule has 36 heavy (non-hydrogen) atoms. The van der Waals surface area contributed by atoms with Crippen LogP contribution >= 0.6 is 0 Å². The zero-order chi connectivity index (χ0) is 24.5. The fourth-order valence-electron chi connectivity index (χ4n) is 3.71. The van der Waals surface area contributed by atoms with Crippen molar-refractivity contribution in [2.24, 2.45) is 0 Å². The highest BCUT2D eigenvalue weighted by Gasteiger charge is 2.17. The van der Waals surface area contributed by atoms with Gasteiger partial charge in [-0.15, -0.1) is 0 Å². The average Bonchev–Trinajstić information content (AvgIpc) is 3.54. The number of fused-ring (bicyclic) bond motifs is 1. The first-order valence-electron chi connectivity index (χ1n) is 11.0. The summed E-state index contributed by atoms with van der Waals surface area (Å²) >= 11 is 0. The molecule has 0 aliphatic carbocycles. The van der Waals surface area contributed by atoms with Crippen molar-refractivity contribution in [2.75, 3.05) is 0 Å². The minimum atomic E-state index is -0.956. The van der Waals surface area contributed by atoms with Crippen molar-refractivity contribution in [3.8, 4) is 34.3 Å². The standard InChI is InChI=1S/C26H16F2N6O2/c27-20-5-3-4-19(25(20)28)26-31-22-13-30-34(15-23(22)32-26)14-18-12-21(33-36-18)16-7-9-17(10-8-16)35-24-6-1-2-11-29-24/h1-13,15H,14H2/p+1. The first-order valence-corrected chi connectivity index (χ1v) is 11.0. The number of aromatic nitrogens is 6. The quantitative estimate of drug-likeness (QED) is 0.332. The fraction of sp³-hybridized carbons (Fsp3) is 0.0385. The Balaban J connectivity index is 1.18. The van der Waals surface area contributed by atoms with E-state index in [0.717, 1.165) is 11.6 Å². The molecule has 10 heteroatoms. The van der Waals surface area contributed by atoms with Gasteiger partial charge in [0.05, 0.1) is 5.56 Å². The molecule has 6 rings (SSSR count). The fourth-order valence-corrected chi connectivity index (χ4v) is 3.71. The molecule has 0 bridgehead atoms. The maximum absolute atomic E-state index is 14.2. The summed E-state index contributed by atoms with van der Waals surface area (Å²) in [6.45, 7) is 0.312. The maximum atomic E-state index is 14.2. The normalized spacial score (nSPS) is 11.2. The lowest BCUT2D eigenvalue weighted by atomic mass is 10.1. The number of aromatic amines is 1. The van der Waals surface area contributed by atoms with Crippen LogP contribution in [0.15, 0.2) is 89.8 Å². The molecule has 4 heterocycles. The Kier molecular flexibility index (Phi) is 5.38. The molecule has 1 N–H and O–H groups in total. The zero-order valence-electron chi connectivity index (χ0n) is 18.6. The summed E-state index contributed by atoms with van der Waals surface area (Å²) < 4.78 is 40.6. The molecule has 0 saturated carbocycles. The van der Waals surface area contributed by atoms with Crippen molar-refractivity contribution in [1.29, 1.82) is 0 Å². The van der Waals surface area contributed by atoms with Crippen LogP contribution in [-0.4, -0.2) is 25.2 Å². The number of pyridine rings is 1. The molecule has 0 aliphatic rings. The Labute approximate surface area is 202 Å². The first-order chi connectivity index (χ1) is 17.6. The van der Waals surface area contributed by atoms with Gasteiger partial charge in [-0.25, -0.2) is 18.7 Å². The minimum Gasteiger partial charge on any atom is -0.439 e. The maximum Gasteiger partial charge on any atom is 0.234 e. The van der Waals surface area contributed by atoms with E-state index >= 15 is 0 Å². The minimum absolute atomic E-state index is 0.0501. The third-order valence-electron chi connectivity index (χ3n) is 5.46. The van der Waals surface area contributed by atoms with Crippen molar-refractivity contribution in [2.45, 2.75) is 6.54 Å². The van der Waals surface area contributed by atoms with Crippen molar-refractivity contribution in [3.63, 3.8) is 0 Å². The summed E-state index contributed by atoms with van der Waals surface area (Å²) in [5.74, 6) is 0.0956. The van der Waals surface area contributed by atoms with Gasteiger partial charge in [0.15, 0.2) is 11.6 Å². The van der Waals surface area contributed by atoms with Gasteiger partial charge in [-0.05, 0) is 47.6 Å². The van der Waals surface area contributed by atoms with Crippen LogP contribution in [0.3, 0.4) is 0 Å². The molecule has 0 radical (unpaired) electrons. The molecule has 0 atom stereocenters. The zero-order valence-corrected chi connectivity index (χ0v) is 18.6. The van der Waals surface area contributed by atoms with Gasteiger partial charge in [0.25, 0.3) is 0 Å². The van der Waals surface area contributed by atoms with E-state index < -0.39 is 11.6 Å². The molecule has 6 aromatic rings. The Morgan fingerprint density at radius 3 is 2.72 bits per heavy atom. The average molecular weight is 483 g/mol. The number of benzene rings is 2. The molecular formula is C26H17F2N6O2+. The molecule has 4 aromatic heterocycles.